The summed E-state index contributed by atoms with van der Waals surface area (Å²) in [6, 6.07) is 12.7. The van der Waals surface area contributed by atoms with Gasteiger partial charge in [0.05, 0.1) is 30.0 Å². The Balaban J connectivity index is 2.06. The molecule has 0 aliphatic rings. The topological polar surface area (TPSA) is 97.8 Å². The van der Waals surface area contributed by atoms with E-state index in [9.17, 15) is 4.79 Å². The minimum atomic E-state index is 0.245. The van der Waals surface area contributed by atoms with Crippen LogP contribution in [0.3, 0.4) is 0 Å². The van der Waals surface area contributed by atoms with Crippen LogP contribution in [0.2, 0.25) is 0 Å². The average Bonchev–Trinajstić information content (AvgIpc) is 3.16. The normalized spacial score (nSPS) is 10.3. The third-order valence-electron chi connectivity index (χ3n) is 3.36. The predicted octanol–water partition coefficient (Wildman–Crippen LogP) is 2.46. The molecule has 2 heterocycles. The second-order valence-electron chi connectivity index (χ2n) is 4.67. The van der Waals surface area contributed by atoms with Crippen LogP contribution in [0.1, 0.15) is 21.5 Å². The number of nitrogens with zero attached hydrogens (tertiary/aromatic N) is 3. The first-order valence-corrected chi connectivity index (χ1v) is 6.58. The molecule has 1 aromatic carbocycles. The van der Waals surface area contributed by atoms with E-state index < -0.39 is 0 Å². The van der Waals surface area contributed by atoms with Crippen molar-refractivity contribution in [3.8, 4) is 17.5 Å². The first-order valence-electron chi connectivity index (χ1n) is 6.58. The summed E-state index contributed by atoms with van der Waals surface area (Å²) in [7, 11) is 0. The molecule has 0 saturated heterocycles. The molecule has 0 bridgehead atoms. The second kappa shape index (κ2) is 5.58. The van der Waals surface area contributed by atoms with E-state index >= 15 is 0 Å². The molecule has 2 aromatic heterocycles. The number of rotatable bonds is 4. The molecule has 0 radical (unpaired) electrons. The second-order valence-corrected chi connectivity index (χ2v) is 4.67. The van der Waals surface area contributed by atoms with Crippen molar-refractivity contribution >= 4 is 12.1 Å². The Kier molecular flexibility index (Phi) is 3.46. The maximum absolute atomic E-state index is 11.3. The van der Waals surface area contributed by atoms with Crippen molar-refractivity contribution in [2.45, 2.75) is 6.54 Å². The van der Waals surface area contributed by atoms with Gasteiger partial charge < -0.3 is 10.2 Å². The van der Waals surface area contributed by atoms with E-state index in [2.05, 4.69) is 11.2 Å². The molecule has 6 heteroatoms. The Bertz CT molecular complexity index is 857. The zero-order valence-corrected chi connectivity index (χ0v) is 11.6. The van der Waals surface area contributed by atoms with Gasteiger partial charge in [-0.15, -0.1) is 0 Å². The largest absolute Gasteiger partial charge is 0.463 e. The third-order valence-corrected chi connectivity index (χ3v) is 3.36. The lowest BCUT2D eigenvalue weighted by Gasteiger charge is -2.05. The molecule has 0 unspecified atom stereocenters. The van der Waals surface area contributed by atoms with Gasteiger partial charge in [0.15, 0.2) is 12.0 Å². The molecular formula is C16H12N4O2. The number of nitriles is 1. The number of carbonyl (C=O) groups is 1. The maximum Gasteiger partial charge on any atom is 0.156 e. The number of nitrogen functional groups attached to an aromatic ring is 1. The highest BCUT2D eigenvalue weighted by Crippen LogP contribution is 2.27. The van der Waals surface area contributed by atoms with E-state index in [1.54, 1.807) is 24.3 Å². The van der Waals surface area contributed by atoms with Crippen molar-refractivity contribution in [2.24, 2.45) is 0 Å². The number of aldehydes is 1. The molecular weight excluding hydrogens is 280 g/mol. The van der Waals surface area contributed by atoms with Crippen LogP contribution in [0.15, 0.2) is 47.1 Å². The van der Waals surface area contributed by atoms with Crippen LogP contribution in [0.5, 0.6) is 0 Å². The molecule has 6 nitrogen and oxygen atoms in total. The van der Waals surface area contributed by atoms with Crippen LogP contribution >= 0.6 is 0 Å². The first kappa shape index (κ1) is 13.6. The third kappa shape index (κ3) is 2.25. The fourth-order valence-electron chi connectivity index (χ4n) is 2.25. The lowest BCUT2D eigenvalue weighted by Crippen LogP contribution is -2.07. The van der Waals surface area contributed by atoms with Crippen LogP contribution in [0.4, 0.5) is 5.82 Å². The fourth-order valence-corrected chi connectivity index (χ4v) is 2.25. The van der Waals surface area contributed by atoms with E-state index in [1.807, 2.05) is 12.1 Å². The summed E-state index contributed by atoms with van der Waals surface area (Å²) >= 11 is 0. The smallest absolute Gasteiger partial charge is 0.156 e. The van der Waals surface area contributed by atoms with Gasteiger partial charge in [0.1, 0.15) is 11.5 Å². The summed E-state index contributed by atoms with van der Waals surface area (Å²) in [6.45, 7) is 0.303. The highest BCUT2D eigenvalue weighted by molar-refractivity contribution is 5.90. The summed E-state index contributed by atoms with van der Waals surface area (Å²) in [4.78, 5) is 11.3. The maximum atomic E-state index is 11.3. The number of benzene rings is 1. The quantitative estimate of drug-likeness (QED) is 0.745. The van der Waals surface area contributed by atoms with Gasteiger partial charge in [0.2, 0.25) is 0 Å². The number of anilines is 1. The Morgan fingerprint density at radius 2 is 2.14 bits per heavy atom. The molecule has 0 aliphatic heterocycles. The first-order chi connectivity index (χ1) is 10.7. The number of aromatic nitrogens is 2. The van der Waals surface area contributed by atoms with Crippen molar-refractivity contribution in [3.63, 3.8) is 0 Å². The average molecular weight is 292 g/mol. The van der Waals surface area contributed by atoms with Gasteiger partial charge in [-0.2, -0.15) is 10.4 Å². The molecule has 3 aromatic rings. The highest BCUT2D eigenvalue weighted by atomic mass is 16.3. The van der Waals surface area contributed by atoms with Gasteiger partial charge in [-0.25, -0.2) is 4.68 Å². The van der Waals surface area contributed by atoms with Gasteiger partial charge in [-0.3, -0.25) is 4.79 Å². The molecule has 22 heavy (non-hydrogen) atoms. The fraction of sp³-hybridized carbons (Fsp3) is 0.0625. The summed E-state index contributed by atoms with van der Waals surface area (Å²) in [5.41, 5.74) is 8.01. The lowest BCUT2D eigenvalue weighted by molar-refractivity contribution is 0.112. The van der Waals surface area contributed by atoms with Gasteiger partial charge in [-0.05, 0) is 23.8 Å². The van der Waals surface area contributed by atoms with Crippen LogP contribution in [-0.4, -0.2) is 16.1 Å². The molecule has 2 N–H and O–H groups in total. The van der Waals surface area contributed by atoms with E-state index in [0.29, 0.717) is 29.8 Å². The molecule has 0 saturated carbocycles. The van der Waals surface area contributed by atoms with Crippen molar-refractivity contribution in [1.29, 1.82) is 5.26 Å². The van der Waals surface area contributed by atoms with Gasteiger partial charge in [0.25, 0.3) is 0 Å². The van der Waals surface area contributed by atoms with Crippen molar-refractivity contribution < 1.29 is 9.21 Å². The van der Waals surface area contributed by atoms with Crippen molar-refractivity contribution in [1.82, 2.24) is 9.78 Å². The van der Waals surface area contributed by atoms with E-state index in [1.165, 1.54) is 10.9 Å². The highest BCUT2D eigenvalue weighted by Gasteiger charge is 2.19. The number of nitrogens with two attached hydrogens (primary N) is 1. The SMILES string of the molecule is N#Cc1ccccc1Cn1nc(-c2ccco2)c(C=O)c1N. The van der Waals surface area contributed by atoms with Gasteiger partial charge in [-0.1, -0.05) is 18.2 Å². The van der Waals surface area contributed by atoms with Crippen LogP contribution in [0.25, 0.3) is 11.5 Å². The van der Waals surface area contributed by atoms with Gasteiger partial charge >= 0.3 is 0 Å². The number of carbonyl (C=O) groups excluding carboxylic acids is 1. The number of furan rings is 1. The zero-order chi connectivity index (χ0) is 15.5. The molecule has 0 spiro atoms. The van der Waals surface area contributed by atoms with Crippen molar-refractivity contribution in [2.75, 3.05) is 5.73 Å². The Labute approximate surface area is 126 Å². The van der Waals surface area contributed by atoms with Crippen LogP contribution < -0.4 is 5.73 Å². The summed E-state index contributed by atoms with van der Waals surface area (Å²) in [5.74, 6) is 0.718. The van der Waals surface area contributed by atoms with E-state index in [0.717, 1.165) is 5.56 Å². The minimum absolute atomic E-state index is 0.245. The van der Waals surface area contributed by atoms with Crippen LogP contribution in [0, 0.1) is 11.3 Å². The van der Waals surface area contributed by atoms with Crippen molar-refractivity contribution in [3.05, 3.63) is 59.4 Å². The monoisotopic (exact) mass is 292 g/mol. The predicted molar refractivity (Wildman–Crippen MR) is 80.0 cm³/mol. The standard InChI is InChI=1S/C16H12N4O2/c17-8-11-4-1-2-5-12(11)9-20-16(18)13(10-21)15(19-20)14-6-3-7-22-14/h1-7,10H,9,18H2. The Morgan fingerprint density at radius 3 is 2.82 bits per heavy atom. The Morgan fingerprint density at radius 1 is 1.32 bits per heavy atom. The zero-order valence-electron chi connectivity index (χ0n) is 11.6. The molecule has 0 amide bonds. The van der Waals surface area contributed by atoms with Crippen LogP contribution in [-0.2, 0) is 6.54 Å². The lowest BCUT2D eigenvalue weighted by atomic mass is 10.1. The summed E-state index contributed by atoms with van der Waals surface area (Å²) < 4.78 is 6.78. The Hall–Kier alpha value is -3.33. The molecule has 0 fully saturated rings. The molecule has 108 valence electrons. The summed E-state index contributed by atoms with van der Waals surface area (Å²) in [6.07, 6.45) is 2.16. The van der Waals surface area contributed by atoms with E-state index in [4.69, 9.17) is 15.4 Å². The minimum Gasteiger partial charge on any atom is -0.463 e. The molecule has 3 rings (SSSR count). The number of hydrogen-bond donors (Lipinski definition) is 1. The molecule has 0 aliphatic carbocycles. The number of hydrogen-bond acceptors (Lipinski definition) is 5. The van der Waals surface area contributed by atoms with E-state index in [-0.39, 0.29) is 11.4 Å². The molecule has 0 atom stereocenters. The summed E-state index contributed by atoms with van der Waals surface area (Å²) in [5, 5.41) is 13.5. The van der Waals surface area contributed by atoms with Gasteiger partial charge in [0, 0.05) is 0 Å².